The molecular weight excluding hydrogens is 345 g/mol. The Morgan fingerprint density at radius 3 is 2.44 bits per heavy atom. The van der Waals surface area contributed by atoms with Crippen molar-refractivity contribution >= 4 is 19.5 Å². The van der Waals surface area contributed by atoms with Gasteiger partial charge in [-0.25, -0.2) is 9.88 Å². The van der Waals surface area contributed by atoms with Gasteiger partial charge in [0.15, 0.2) is 0 Å². The molecule has 4 N–H and O–H groups in total. The van der Waals surface area contributed by atoms with Gasteiger partial charge in [0.05, 0.1) is 6.04 Å². The molecule has 0 spiro atoms. The van der Waals surface area contributed by atoms with Gasteiger partial charge in [0, 0.05) is 7.05 Å². The van der Waals surface area contributed by atoms with Crippen molar-refractivity contribution in [2.24, 2.45) is 5.92 Å². The van der Waals surface area contributed by atoms with Gasteiger partial charge >= 0.3 is 6.09 Å². The molecule has 0 heterocycles. The predicted molar refractivity (Wildman–Crippen MR) is 94.9 cm³/mol. The average molecular weight is 371 g/mol. The second-order valence-corrected chi connectivity index (χ2v) is 8.00. The molecule has 1 unspecified atom stereocenters. The van der Waals surface area contributed by atoms with Gasteiger partial charge in [-0.15, -0.1) is 0 Å². The lowest BCUT2D eigenvalue weighted by atomic mass is 10.0. The zero-order valence-electron chi connectivity index (χ0n) is 14.7. The summed E-state index contributed by atoms with van der Waals surface area (Å²) in [7, 11) is -2.49. The summed E-state index contributed by atoms with van der Waals surface area (Å²) in [6.45, 7) is 3.86. The zero-order valence-corrected chi connectivity index (χ0v) is 15.6. The molecule has 0 saturated heterocycles. The number of ether oxygens (including phenoxy) is 1. The molecule has 0 aliphatic heterocycles. The van der Waals surface area contributed by atoms with Crippen molar-refractivity contribution in [1.29, 1.82) is 0 Å². The quantitative estimate of drug-likeness (QED) is 0.492. The monoisotopic (exact) mass is 371 g/mol. The summed E-state index contributed by atoms with van der Waals surface area (Å²) in [6.07, 6.45) is -0.949. The average Bonchev–Trinajstić information content (AvgIpc) is 2.57. The van der Waals surface area contributed by atoms with E-state index >= 15 is 0 Å². The van der Waals surface area contributed by atoms with Gasteiger partial charge in [0.2, 0.25) is 5.91 Å². The topological polar surface area (TPSA) is 117 Å². The summed E-state index contributed by atoms with van der Waals surface area (Å²) in [6, 6.07) is 8.25. The van der Waals surface area contributed by atoms with E-state index < -0.39 is 25.9 Å². The summed E-state index contributed by atoms with van der Waals surface area (Å²) in [5.74, 6) is -0.228. The first-order valence-electron chi connectivity index (χ1n) is 7.99. The Bertz CT molecular complexity index is 609. The highest BCUT2D eigenvalue weighted by Gasteiger charge is 2.28. The summed E-state index contributed by atoms with van der Waals surface area (Å²) in [5.41, 5.74) is 0.805. The minimum Gasteiger partial charge on any atom is -0.445 e. The van der Waals surface area contributed by atoms with Crippen LogP contribution in [0.25, 0.3) is 0 Å². The smallest absolute Gasteiger partial charge is 0.407 e. The molecule has 0 aliphatic carbocycles. The van der Waals surface area contributed by atoms with Crippen molar-refractivity contribution < 1.29 is 23.8 Å². The van der Waals surface area contributed by atoms with Crippen molar-refractivity contribution in [3.8, 4) is 0 Å². The number of nitrogens with one attached hydrogen (secondary N) is 3. The largest absolute Gasteiger partial charge is 0.445 e. The van der Waals surface area contributed by atoms with E-state index in [9.17, 15) is 19.0 Å². The molecule has 0 fully saturated rings. The Labute approximate surface area is 147 Å². The van der Waals surface area contributed by atoms with Crippen LogP contribution in [0.4, 0.5) is 4.79 Å². The van der Waals surface area contributed by atoms with Crippen molar-refractivity contribution in [2.45, 2.75) is 32.9 Å². The number of carbonyl (C=O) groups excluding carboxylic acids is 2. The van der Waals surface area contributed by atoms with E-state index in [2.05, 4.69) is 15.7 Å². The van der Waals surface area contributed by atoms with Gasteiger partial charge in [-0.3, -0.25) is 9.36 Å². The number of carbonyl (C=O) groups is 2. The van der Waals surface area contributed by atoms with Crippen LogP contribution >= 0.6 is 7.52 Å². The van der Waals surface area contributed by atoms with Crippen LogP contribution in [0.2, 0.25) is 0 Å². The molecule has 1 aromatic carbocycles. The Kier molecular flexibility index (Phi) is 8.61. The number of rotatable bonds is 9. The number of amides is 2. The highest BCUT2D eigenvalue weighted by molar-refractivity contribution is 7.55. The lowest BCUT2D eigenvalue weighted by molar-refractivity contribution is -0.122. The van der Waals surface area contributed by atoms with Gasteiger partial charge in [0.25, 0.3) is 7.52 Å². The van der Waals surface area contributed by atoms with E-state index in [0.717, 1.165) is 5.56 Å². The minimum atomic E-state index is -3.94. The first-order valence-corrected chi connectivity index (χ1v) is 9.83. The fraction of sp³-hybridized carbons (Fsp3) is 0.500. The van der Waals surface area contributed by atoms with Gasteiger partial charge < -0.3 is 20.3 Å². The normalized spacial score (nSPS) is 14.4. The van der Waals surface area contributed by atoms with Gasteiger partial charge in [-0.1, -0.05) is 44.2 Å². The standard InChI is InChI=1S/C16H26N3O5P/c1-12(2)9-14(15(20)17-3)19-25(22,23)11-18-16(21)24-10-13-7-5-4-6-8-13/h4-8,12,14H,9-11H2,1-3H3,(H,17,20)(H,18,21)(H2,19,22,23)/t14-/m0/s1. The molecule has 25 heavy (non-hydrogen) atoms. The molecule has 2 atom stereocenters. The van der Waals surface area contributed by atoms with E-state index in [0.29, 0.717) is 6.42 Å². The molecule has 0 saturated carbocycles. The lowest BCUT2D eigenvalue weighted by Crippen LogP contribution is -2.43. The first-order chi connectivity index (χ1) is 11.7. The van der Waals surface area contributed by atoms with E-state index in [4.69, 9.17) is 4.74 Å². The molecule has 1 aromatic rings. The SMILES string of the molecule is CNC(=O)[C@H](CC(C)C)NP(=O)(O)CNC(=O)OCc1ccccc1. The van der Waals surface area contributed by atoms with E-state index in [1.165, 1.54) is 7.05 Å². The maximum absolute atomic E-state index is 12.2. The summed E-state index contributed by atoms with van der Waals surface area (Å²) in [5, 5.41) is 7.12. The molecule has 0 bridgehead atoms. The fourth-order valence-corrected chi connectivity index (χ4v) is 3.24. The fourth-order valence-electron chi connectivity index (χ4n) is 2.10. The van der Waals surface area contributed by atoms with Crippen LogP contribution < -0.4 is 15.7 Å². The number of likely N-dealkylation sites (N-methyl/N-ethyl adjacent to an activating group) is 1. The maximum atomic E-state index is 12.2. The van der Waals surface area contributed by atoms with Crippen LogP contribution in [0.3, 0.4) is 0 Å². The molecule has 0 aromatic heterocycles. The molecule has 0 aliphatic rings. The Morgan fingerprint density at radius 1 is 1.24 bits per heavy atom. The summed E-state index contributed by atoms with van der Waals surface area (Å²) in [4.78, 5) is 33.4. The molecule has 1 rings (SSSR count). The van der Waals surface area contributed by atoms with Crippen LogP contribution in [-0.2, 0) is 20.7 Å². The molecule has 140 valence electrons. The second kappa shape index (κ2) is 10.2. The van der Waals surface area contributed by atoms with Crippen molar-refractivity contribution in [3.63, 3.8) is 0 Å². The predicted octanol–water partition coefficient (Wildman–Crippen LogP) is 1.81. The van der Waals surface area contributed by atoms with Crippen LogP contribution in [-0.4, -0.2) is 36.3 Å². The number of hydrogen-bond donors (Lipinski definition) is 4. The van der Waals surface area contributed by atoms with Crippen LogP contribution in [0, 0.1) is 5.92 Å². The molecule has 0 radical (unpaired) electrons. The highest BCUT2D eigenvalue weighted by atomic mass is 31.2. The van der Waals surface area contributed by atoms with Crippen molar-refractivity contribution in [1.82, 2.24) is 15.7 Å². The van der Waals surface area contributed by atoms with Crippen molar-refractivity contribution in [3.05, 3.63) is 35.9 Å². The highest BCUT2D eigenvalue weighted by Crippen LogP contribution is 2.35. The third kappa shape index (κ3) is 8.67. The van der Waals surface area contributed by atoms with Gasteiger partial charge in [0.1, 0.15) is 12.9 Å². The van der Waals surface area contributed by atoms with Crippen molar-refractivity contribution in [2.75, 3.05) is 13.3 Å². The van der Waals surface area contributed by atoms with E-state index in [1.807, 2.05) is 32.0 Å². The van der Waals surface area contributed by atoms with E-state index in [-0.39, 0.29) is 18.4 Å². The van der Waals surface area contributed by atoms with Gasteiger partial charge in [-0.2, -0.15) is 0 Å². The molecule has 2 amide bonds. The minimum absolute atomic E-state index is 0.0596. The number of alkyl carbamates (subject to hydrolysis) is 1. The lowest BCUT2D eigenvalue weighted by Gasteiger charge is -2.22. The summed E-state index contributed by atoms with van der Waals surface area (Å²) < 4.78 is 17.2. The number of hydrogen-bond acceptors (Lipinski definition) is 4. The van der Waals surface area contributed by atoms with Crippen LogP contribution in [0.5, 0.6) is 0 Å². The third-order valence-electron chi connectivity index (χ3n) is 3.28. The zero-order chi connectivity index (χ0) is 18.9. The molecular formula is C16H26N3O5P. The number of benzene rings is 1. The Morgan fingerprint density at radius 2 is 1.88 bits per heavy atom. The Hall–Kier alpha value is -1.89. The van der Waals surface area contributed by atoms with E-state index in [1.54, 1.807) is 12.1 Å². The second-order valence-electron chi connectivity index (χ2n) is 6.02. The Balaban J connectivity index is 2.48. The molecule has 9 heteroatoms. The maximum Gasteiger partial charge on any atom is 0.407 e. The van der Waals surface area contributed by atoms with Gasteiger partial charge in [-0.05, 0) is 17.9 Å². The van der Waals surface area contributed by atoms with Crippen LogP contribution in [0.15, 0.2) is 30.3 Å². The van der Waals surface area contributed by atoms with Crippen LogP contribution in [0.1, 0.15) is 25.8 Å². The summed E-state index contributed by atoms with van der Waals surface area (Å²) >= 11 is 0. The first kappa shape index (κ1) is 21.2. The molecule has 8 nitrogen and oxygen atoms in total. The third-order valence-corrected chi connectivity index (χ3v) is 4.58.